The average Bonchev–Trinajstić information content (AvgIpc) is 2.64. The van der Waals surface area contributed by atoms with Gasteiger partial charge in [0.1, 0.15) is 0 Å². The van der Waals surface area contributed by atoms with Gasteiger partial charge in [-0.15, -0.1) is 0 Å². The zero-order valence-corrected chi connectivity index (χ0v) is 8.60. The van der Waals surface area contributed by atoms with Crippen LogP contribution in [-0.4, -0.2) is 44.4 Å². The second kappa shape index (κ2) is 8.97. The molecule has 1 aliphatic heterocycles. The summed E-state index contributed by atoms with van der Waals surface area (Å²) in [6.07, 6.45) is 0. The Kier molecular flexibility index (Phi) is 8.88. The van der Waals surface area contributed by atoms with Gasteiger partial charge in [-0.2, -0.15) is 0 Å². The van der Waals surface area contributed by atoms with Crippen LogP contribution in [0.5, 0.6) is 0 Å². The molecule has 1 rings (SSSR count). The SMILES string of the molecule is C1COCN1.CCN(CC)CC. The molecule has 0 spiro atoms. The van der Waals surface area contributed by atoms with Crippen molar-refractivity contribution >= 4 is 0 Å². The molecule has 1 fully saturated rings. The van der Waals surface area contributed by atoms with Crippen molar-refractivity contribution in [3.8, 4) is 0 Å². The summed E-state index contributed by atoms with van der Waals surface area (Å²) in [4.78, 5) is 2.38. The van der Waals surface area contributed by atoms with Crippen LogP contribution < -0.4 is 5.32 Å². The molecule has 12 heavy (non-hydrogen) atoms. The van der Waals surface area contributed by atoms with Crippen LogP contribution in [0, 0.1) is 0 Å². The van der Waals surface area contributed by atoms with Gasteiger partial charge in [0.2, 0.25) is 0 Å². The third-order valence-electron chi connectivity index (χ3n) is 1.97. The lowest BCUT2D eigenvalue weighted by Gasteiger charge is -2.13. The Morgan fingerprint density at radius 1 is 1.17 bits per heavy atom. The summed E-state index contributed by atoms with van der Waals surface area (Å²) < 4.78 is 4.83. The van der Waals surface area contributed by atoms with Crippen molar-refractivity contribution < 1.29 is 4.74 Å². The standard InChI is InChI=1S/C6H15N.C3H7NO/c1-4-7(5-2)6-3;1-2-5-3-4-1/h4-6H2,1-3H3;4H,1-3H2. The van der Waals surface area contributed by atoms with Crippen LogP contribution in [0.25, 0.3) is 0 Å². The third-order valence-corrected chi connectivity index (χ3v) is 1.97. The lowest BCUT2D eigenvalue weighted by Crippen LogP contribution is -2.21. The first-order chi connectivity index (χ1) is 5.85. The van der Waals surface area contributed by atoms with Gasteiger partial charge in [-0.05, 0) is 19.6 Å². The molecule has 0 atom stereocenters. The molecule has 0 aromatic carbocycles. The van der Waals surface area contributed by atoms with E-state index >= 15 is 0 Å². The molecule has 0 saturated carbocycles. The smallest absolute Gasteiger partial charge is 0.0966 e. The Morgan fingerprint density at radius 3 is 1.83 bits per heavy atom. The first-order valence-electron chi connectivity index (χ1n) is 4.85. The molecule has 0 aromatic heterocycles. The zero-order chi connectivity index (χ0) is 9.23. The number of nitrogens with one attached hydrogen (secondary N) is 1. The highest BCUT2D eigenvalue weighted by Crippen LogP contribution is 1.81. The highest BCUT2D eigenvalue weighted by molar-refractivity contribution is 4.44. The maximum Gasteiger partial charge on any atom is 0.0966 e. The molecule has 0 radical (unpaired) electrons. The van der Waals surface area contributed by atoms with Crippen LogP contribution in [0.3, 0.4) is 0 Å². The maximum absolute atomic E-state index is 4.83. The molecule has 3 nitrogen and oxygen atoms in total. The summed E-state index contributed by atoms with van der Waals surface area (Å²) in [5.74, 6) is 0. The number of hydrogen-bond donors (Lipinski definition) is 1. The third kappa shape index (κ3) is 6.58. The van der Waals surface area contributed by atoms with Crippen molar-refractivity contribution in [3.63, 3.8) is 0 Å². The fourth-order valence-electron chi connectivity index (χ4n) is 1.03. The van der Waals surface area contributed by atoms with Gasteiger partial charge in [0.25, 0.3) is 0 Å². The van der Waals surface area contributed by atoms with Gasteiger partial charge in [0, 0.05) is 6.54 Å². The zero-order valence-electron chi connectivity index (χ0n) is 8.60. The van der Waals surface area contributed by atoms with Crippen molar-refractivity contribution in [3.05, 3.63) is 0 Å². The minimum Gasteiger partial charge on any atom is -0.365 e. The van der Waals surface area contributed by atoms with Gasteiger partial charge in [-0.25, -0.2) is 0 Å². The van der Waals surface area contributed by atoms with Crippen LogP contribution in [0.2, 0.25) is 0 Å². The Hall–Kier alpha value is -0.120. The van der Waals surface area contributed by atoms with Gasteiger partial charge >= 0.3 is 0 Å². The van der Waals surface area contributed by atoms with Crippen molar-refractivity contribution in [2.24, 2.45) is 0 Å². The summed E-state index contributed by atoms with van der Waals surface area (Å²) in [7, 11) is 0. The summed E-state index contributed by atoms with van der Waals surface area (Å²) in [6.45, 7) is 12.8. The van der Waals surface area contributed by atoms with Crippen LogP contribution in [0.1, 0.15) is 20.8 Å². The van der Waals surface area contributed by atoms with Gasteiger partial charge in [-0.1, -0.05) is 20.8 Å². The monoisotopic (exact) mass is 174 g/mol. The highest BCUT2D eigenvalue weighted by Gasteiger charge is 1.92. The molecule has 3 heteroatoms. The van der Waals surface area contributed by atoms with Crippen LogP contribution in [0.4, 0.5) is 0 Å². The highest BCUT2D eigenvalue weighted by atomic mass is 16.5. The lowest BCUT2D eigenvalue weighted by atomic mass is 10.5. The quantitative estimate of drug-likeness (QED) is 0.688. The van der Waals surface area contributed by atoms with Crippen LogP contribution >= 0.6 is 0 Å². The number of nitrogens with zero attached hydrogens (tertiary/aromatic N) is 1. The van der Waals surface area contributed by atoms with E-state index in [-0.39, 0.29) is 0 Å². The Labute approximate surface area is 76.1 Å². The minimum absolute atomic E-state index is 0.750. The molecule has 74 valence electrons. The molecule has 0 aromatic rings. The van der Waals surface area contributed by atoms with E-state index in [1.807, 2.05) is 0 Å². The van der Waals surface area contributed by atoms with Crippen LogP contribution in [-0.2, 0) is 4.74 Å². The van der Waals surface area contributed by atoms with Crippen molar-refractivity contribution in [1.82, 2.24) is 10.2 Å². The molecule has 0 unspecified atom stereocenters. The fraction of sp³-hybridized carbons (Fsp3) is 1.00. The van der Waals surface area contributed by atoms with Crippen molar-refractivity contribution in [2.75, 3.05) is 39.5 Å². The maximum atomic E-state index is 4.83. The molecular weight excluding hydrogens is 152 g/mol. The molecular formula is C9H22N2O. The van der Waals surface area contributed by atoms with Crippen molar-refractivity contribution in [1.29, 1.82) is 0 Å². The van der Waals surface area contributed by atoms with E-state index in [1.165, 1.54) is 19.6 Å². The summed E-state index contributed by atoms with van der Waals surface area (Å²) in [5.41, 5.74) is 0. The Bertz CT molecular complexity index is 67.5. The van der Waals surface area contributed by atoms with E-state index in [2.05, 4.69) is 31.0 Å². The van der Waals surface area contributed by atoms with Crippen molar-refractivity contribution in [2.45, 2.75) is 20.8 Å². The van der Waals surface area contributed by atoms with E-state index in [1.54, 1.807) is 0 Å². The number of ether oxygens (including phenoxy) is 1. The first kappa shape index (κ1) is 11.9. The molecule has 1 heterocycles. The van der Waals surface area contributed by atoms with Gasteiger partial charge in [0.05, 0.1) is 13.3 Å². The van der Waals surface area contributed by atoms with E-state index in [4.69, 9.17) is 4.74 Å². The lowest BCUT2D eigenvalue weighted by molar-refractivity contribution is 0.194. The second-order valence-corrected chi connectivity index (χ2v) is 2.67. The predicted octanol–water partition coefficient (Wildman–Crippen LogP) is 0.912. The van der Waals surface area contributed by atoms with Gasteiger partial charge in [-0.3, -0.25) is 5.32 Å². The van der Waals surface area contributed by atoms with E-state index in [9.17, 15) is 0 Å². The van der Waals surface area contributed by atoms with E-state index in [0.717, 1.165) is 19.9 Å². The molecule has 0 aliphatic carbocycles. The average molecular weight is 174 g/mol. The van der Waals surface area contributed by atoms with Crippen LogP contribution in [0.15, 0.2) is 0 Å². The molecule has 0 amide bonds. The number of hydrogen-bond acceptors (Lipinski definition) is 3. The molecule has 1 aliphatic rings. The van der Waals surface area contributed by atoms with Gasteiger partial charge in [0.15, 0.2) is 0 Å². The molecule has 1 N–H and O–H groups in total. The topological polar surface area (TPSA) is 24.5 Å². The predicted molar refractivity (Wildman–Crippen MR) is 52.3 cm³/mol. The minimum atomic E-state index is 0.750. The molecule has 1 saturated heterocycles. The van der Waals surface area contributed by atoms with Gasteiger partial charge < -0.3 is 9.64 Å². The fourth-order valence-corrected chi connectivity index (χ4v) is 1.03. The van der Waals surface area contributed by atoms with E-state index < -0.39 is 0 Å². The largest absolute Gasteiger partial charge is 0.365 e. The first-order valence-corrected chi connectivity index (χ1v) is 4.85. The summed E-state index contributed by atoms with van der Waals surface area (Å²) in [5, 5.41) is 3.00. The Balaban J connectivity index is 0.000000211. The van der Waals surface area contributed by atoms with E-state index in [0.29, 0.717) is 0 Å². The second-order valence-electron chi connectivity index (χ2n) is 2.67. The Morgan fingerprint density at radius 2 is 1.75 bits per heavy atom. The number of rotatable bonds is 3. The molecule has 0 bridgehead atoms. The normalized spacial score (nSPS) is 16.0. The summed E-state index contributed by atoms with van der Waals surface area (Å²) >= 11 is 0. The summed E-state index contributed by atoms with van der Waals surface area (Å²) in [6, 6.07) is 0.